The summed E-state index contributed by atoms with van der Waals surface area (Å²) in [7, 11) is 0. The molecule has 1 unspecified atom stereocenters. The Morgan fingerprint density at radius 3 is 2.48 bits per heavy atom. The predicted molar refractivity (Wildman–Crippen MR) is 200 cm³/mol. The van der Waals surface area contributed by atoms with E-state index >= 15 is 0 Å². The summed E-state index contributed by atoms with van der Waals surface area (Å²) in [5.41, 5.74) is 11.2. The van der Waals surface area contributed by atoms with Crippen molar-refractivity contribution < 1.29 is 0 Å². The van der Waals surface area contributed by atoms with Crippen LogP contribution in [0.15, 0.2) is 164 Å². The molecule has 1 nitrogen and oxygen atoms in total. The summed E-state index contributed by atoms with van der Waals surface area (Å²) >= 11 is 1.91. The highest BCUT2D eigenvalue weighted by Crippen LogP contribution is 2.44. The molecule has 0 fully saturated rings. The van der Waals surface area contributed by atoms with Gasteiger partial charge in [-0.05, 0) is 83.0 Å². The van der Waals surface area contributed by atoms with Crippen LogP contribution in [0.5, 0.6) is 0 Å². The van der Waals surface area contributed by atoms with E-state index in [0.29, 0.717) is 0 Å². The Hall–Kier alpha value is -5.18. The van der Waals surface area contributed by atoms with E-state index in [9.17, 15) is 0 Å². The van der Waals surface area contributed by atoms with Crippen LogP contribution in [0, 0.1) is 0 Å². The van der Waals surface area contributed by atoms with E-state index in [1.165, 1.54) is 53.6 Å². The first-order valence-corrected chi connectivity index (χ1v) is 16.9. The highest BCUT2D eigenvalue weighted by molar-refractivity contribution is 7.26. The highest BCUT2D eigenvalue weighted by atomic mass is 32.1. The molecule has 0 saturated carbocycles. The summed E-state index contributed by atoms with van der Waals surface area (Å²) in [6.07, 6.45) is 18.3. The lowest BCUT2D eigenvalue weighted by molar-refractivity contribution is 0.808. The van der Waals surface area contributed by atoms with Gasteiger partial charge >= 0.3 is 0 Å². The molecule has 222 valence electrons. The van der Waals surface area contributed by atoms with Gasteiger partial charge in [0.05, 0.1) is 5.69 Å². The quantitative estimate of drug-likeness (QED) is 0.182. The summed E-state index contributed by atoms with van der Waals surface area (Å²) < 4.78 is 2.73. The van der Waals surface area contributed by atoms with Crippen molar-refractivity contribution in [3.05, 3.63) is 192 Å². The van der Waals surface area contributed by atoms with Crippen molar-refractivity contribution in [2.24, 2.45) is 0 Å². The minimum Gasteiger partial charge on any atom is -0.317 e. The van der Waals surface area contributed by atoms with Crippen LogP contribution in [0.1, 0.15) is 46.6 Å². The molecule has 2 heteroatoms. The van der Waals surface area contributed by atoms with Gasteiger partial charge in [0.2, 0.25) is 0 Å². The number of rotatable bonds is 6. The molecule has 1 aromatic heterocycles. The van der Waals surface area contributed by atoms with E-state index in [0.717, 1.165) is 36.2 Å². The van der Waals surface area contributed by atoms with Gasteiger partial charge in [0, 0.05) is 43.5 Å². The second-order valence-electron chi connectivity index (χ2n) is 12.1. The number of benzene rings is 5. The first-order valence-electron chi connectivity index (χ1n) is 16.1. The maximum Gasteiger partial charge on any atom is 0.0536 e. The maximum absolute atomic E-state index is 4.64. The van der Waals surface area contributed by atoms with Crippen molar-refractivity contribution in [2.75, 3.05) is 4.90 Å². The number of hydrogen-bond acceptors (Lipinski definition) is 2. The largest absolute Gasteiger partial charge is 0.317 e. The Balaban J connectivity index is 1.28. The standard InChI is InChI=1S/C44H35NS/c1-31-15-10-11-28-45(36-22-12-20-34(29-36)32-16-4-2-5-17-32)41-26-14-24-38(43(31)41)40(33-18-6-3-7-19-33)30-35-21-13-25-39-37-23-8-9-27-42(37)46-44(35)39/h2-4,6-16,18-29,40H,1,5,17,30H2/b15-10-,28-11-. The second-order valence-corrected chi connectivity index (χ2v) is 13.2. The normalized spacial score (nSPS) is 16.5. The molecule has 0 spiro atoms. The Kier molecular flexibility index (Phi) is 7.57. The van der Waals surface area contributed by atoms with Gasteiger partial charge in [-0.3, -0.25) is 0 Å². The molecule has 0 amide bonds. The van der Waals surface area contributed by atoms with Crippen molar-refractivity contribution in [2.45, 2.75) is 25.2 Å². The summed E-state index contributed by atoms with van der Waals surface area (Å²) in [6, 6.07) is 42.4. The minimum absolute atomic E-state index is 0.146. The Labute approximate surface area is 275 Å². The molecule has 46 heavy (non-hydrogen) atoms. The van der Waals surface area contributed by atoms with Crippen molar-refractivity contribution in [3.63, 3.8) is 0 Å². The van der Waals surface area contributed by atoms with Gasteiger partial charge in [0.25, 0.3) is 0 Å². The Bertz CT molecular complexity index is 2210. The second kappa shape index (κ2) is 12.3. The van der Waals surface area contributed by atoms with Gasteiger partial charge in [-0.1, -0.05) is 128 Å². The zero-order valence-electron chi connectivity index (χ0n) is 25.8. The van der Waals surface area contributed by atoms with Crippen LogP contribution >= 0.6 is 11.3 Å². The van der Waals surface area contributed by atoms with Gasteiger partial charge in [0.1, 0.15) is 0 Å². The van der Waals surface area contributed by atoms with Gasteiger partial charge in [-0.25, -0.2) is 0 Å². The van der Waals surface area contributed by atoms with Crippen LogP contribution < -0.4 is 4.90 Å². The molecule has 8 rings (SSSR count). The van der Waals surface area contributed by atoms with Crippen LogP contribution in [0.25, 0.3) is 31.3 Å². The fourth-order valence-corrected chi connectivity index (χ4v) is 8.30. The SMILES string of the molecule is C=C1/C=C\C=C/N(c2cccc(C3=CC=CCC3)c2)c2cccc(C(Cc3cccc4c3sc3ccccc34)c3ccccc3)c21. The topological polar surface area (TPSA) is 3.24 Å². The first kappa shape index (κ1) is 28.3. The Morgan fingerprint density at radius 1 is 0.761 bits per heavy atom. The lowest BCUT2D eigenvalue weighted by Crippen LogP contribution is -2.15. The third-order valence-electron chi connectivity index (χ3n) is 9.30. The van der Waals surface area contributed by atoms with E-state index in [1.807, 2.05) is 11.3 Å². The molecular formula is C44H35NS. The number of thiophene rings is 1. The van der Waals surface area contributed by atoms with Crippen molar-refractivity contribution in [1.29, 1.82) is 0 Å². The molecule has 2 aliphatic rings. The molecule has 1 atom stereocenters. The first-order chi connectivity index (χ1) is 22.7. The zero-order chi connectivity index (χ0) is 30.9. The fourth-order valence-electron chi connectivity index (χ4n) is 7.07. The zero-order valence-corrected chi connectivity index (χ0v) is 26.6. The van der Waals surface area contributed by atoms with E-state index in [1.54, 1.807) is 0 Å². The summed E-state index contributed by atoms with van der Waals surface area (Å²) in [4.78, 5) is 2.34. The van der Waals surface area contributed by atoms with E-state index < -0.39 is 0 Å². The smallest absolute Gasteiger partial charge is 0.0536 e. The summed E-state index contributed by atoms with van der Waals surface area (Å²) in [5, 5.41) is 2.69. The van der Waals surface area contributed by atoms with Crippen LogP contribution in [0.4, 0.5) is 11.4 Å². The fraction of sp³-hybridized carbons (Fsp3) is 0.0909. The van der Waals surface area contributed by atoms with Crippen molar-refractivity contribution in [1.82, 2.24) is 0 Å². The monoisotopic (exact) mass is 609 g/mol. The Morgan fingerprint density at radius 2 is 1.59 bits per heavy atom. The molecular weight excluding hydrogens is 575 g/mol. The van der Waals surface area contributed by atoms with Crippen LogP contribution in [-0.2, 0) is 6.42 Å². The number of allylic oxidation sites excluding steroid dienone is 8. The van der Waals surface area contributed by atoms with Crippen molar-refractivity contribution >= 4 is 54.0 Å². The molecule has 0 radical (unpaired) electrons. The van der Waals surface area contributed by atoms with Crippen LogP contribution in [-0.4, -0.2) is 0 Å². The van der Waals surface area contributed by atoms with Gasteiger partial charge in [0.15, 0.2) is 0 Å². The average molecular weight is 610 g/mol. The molecule has 6 aromatic rings. The minimum atomic E-state index is 0.146. The summed E-state index contributed by atoms with van der Waals surface area (Å²) in [6.45, 7) is 4.64. The number of hydrogen-bond donors (Lipinski definition) is 0. The lowest BCUT2D eigenvalue weighted by atomic mass is 9.81. The lowest BCUT2D eigenvalue weighted by Gasteiger charge is -2.30. The molecule has 0 bridgehead atoms. The molecule has 0 N–H and O–H groups in total. The van der Waals surface area contributed by atoms with Crippen LogP contribution in [0.2, 0.25) is 0 Å². The summed E-state index contributed by atoms with van der Waals surface area (Å²) in [5.74, 6) is 0.146. The molecule has 2 heterocycles. The third kappa shape index (κ3) is 5.25. The van der Waals surface area contributed by atoms with Gasteiger partial charge in [-0.2, -0.15) is 0 Å². The third-order valence-corrected chi connectivity index (χ3v) is 10.6. The molecule has 5 aromatic carbocycles. The average Bonchev–Trinajstić information content (AvgIpc) is 3.50. The van der Waals surface area contributed by atoms with Crippen LogP contribution in [0.3, 0.4) is 0 Å². The molecule has 1 aliphatic heterocycles. The number of nitrogens with zero attached hydrogens (tertiary/aromatic N) is 1. The maximum atomic E-state index is 4.64. The predicted octanol–water partition coefficient (Wildman–Crippen LogP) is 12.4. The number of fused-ring (bicyclic) bond motifs is 4. The van der Waals surface area contributed by atoms with Gasteiger partial charge in [-0.15, -0.1) is 11.3 Å². The van der Waals surface area contributed by atoms with E-state index in [2.05, 4.69) is 169 Å². The van der Waals surface area contributed by atoms with Gasteiger partial charge < -0.3 is 4.90 Å². The van der Waals surface area contributed by atoms with E-state index in [-0.39, 0.29) is 5.92 Å². The molecule has 0 saturated heterocycles. The van der Waals surface area contributed by atoms with E-state index in [4.69, 9.17) is 0 Å². The number of anilines is 2. The molecule has 1 aliphatic carbocycles. The highest BCUT2D eigenvalue weighted by Gasteiger charge is 2.25. The van der Waals surface area contributed by atoms with Crippen molar-refractivity contribution in [3.8, 4) is 0 Å².